The first-order valence-corrected chi connectivity index (χ1v) is 20.0. The second kappa shape index (κ2) is 9.06. The third kappa shape index (κ3) is 3.57. The van der Waals surface area contributed by atoms with Crippen molar-refractivity contribution in [3.05, 3.63) is 101 Å². The minimum atomic E-state index is -2.32. The van der Waals surface area contributed by atoms with Gasteiger partial charge >= 0.3 is 212 Å². The van der Waals surface area contributed by atoms with Crippen LogP contribution < -0.4 is 0 Å². The molecule has 4 unspecified atom stereocenters. The average molecular weight is 526 g/mol. The van der Waals surface area contributed by atoms with Crippen molar-refractivity contribution in [1.29, 1.82) is 0 Å². The summed E-state index contributed by atoms with van der Waals surface area (Å²) in [5.74, 6) is 1.28. The zero-order valence-corrected chi connectivity index (χ0v) is 23.5. The molecule has 0 nitrogen and oxygen atoms in total. The second-order valence-electron chi connectivity index (χ2n) is 11.2. The minimum absolute atomic E-state index is 0.551. The third-order valence-electron chi connectivity index (χ3n) is 9.52. The zero-order valence-electron chi connectivity index (χ0n) is 21.1. The number of fused-ring (bicyclic) bond motifs is 4. The van der Waals surface area contributed by atoms with Crippen molar-refractivity contribution in [2.75, 3.05) is 0 Å². The Hall–Kier alpha value is -1.72. The first-order valence-electron chi connectivity index (χ1n) is 13.6. The van der Waals surface area contributed by atoms with Crippen molar-refractivity contribution in [3.8, 4) is 11.1 Å². The van der Waals surface area contributed by atoms with E-state index in [2.05, 4.69) is 99.6 Å². The Kier molecular flexibility index (Phi) is 6.05. The molecule has 174 valence electrons. The van der Waals surface area contributed by atoms with Gasteiger partial charge in [0.05, 0.1) is 0 Å². The van der Waals surface area contributed by atoms with E-state index in [9.17, 15) is 0 Å². The normalized spacial score (nSPS) is 24.2. The van der Waals surface area contributed by atoms with E-state index in [-0.39, 0.29) is 0 Å². The summed E-state index contributed by atoms with van der Waals surface area (Å²) in [5, 5.41) is 0. The molecule has 4 atom stereocenters. The fraction of sp³-hybridized carbons (Fsp3) is 0.394. The molecule has 1 saturated heterocycles. The van der Waals surface area contributed by atoms with Crippen molar-refractivity contribution in [2.24, 2.45) is 5.92 Å². The first-order chi connectivity index (χ1) is 16.7. The number of rotatable bonds is 8. The van der Waals surface area contributed by atoms with Gasteiger partial charge in [-0.15, -0.1) is 0 Å². The van der Waals surface area contributed by atoms with E-state index in [0.717, 1.165) is 13.2 Å². The molecule has 1 fully saturated rings. The van der Waals surface area contributed by atoms with Crippen LogP contribution in [-0.2, 0) is 26.7 Å². The molecule has 1 heteroatoms. The van der Waals surface area contributed by atoms with Crippen LogP contribution in [0, 0.1) is 5.92 Å². The van der Waals surface area contributed by atoms with Gasteiger partial charge < -0.3 is 0 Å². The van der Waals surface area contributed by atoms with Crippen molar-refractivity contribution in [1.82, 2.24) is 0 Å². The zero-order chi connectivity index (χ0) is 23.3. The van der Waals surface area contributed by atoms with Crippen molar-refractivity contribution >= 4 is 6.08 Å². The van der Waals surface area contributed by atoms with E-state index in [0.29, 0.717) is 5.92 Å². The monoisotopic (exact) mass is 524 g/mol. The van der Waals surface area contributed by atoms with Crippen molar-refractivity contribution < 1.29 is 20.3 Å². The van der Waals surface area contributed by atoms with Crippen LogP contribution in [0.5, 0.6) is 0 Å². The van der Waals surface area contributed by atoms with E-state index >= 15 is 0 Å². The van der Waals surface area contributed by atoms with Gasteiger partial charge in [-0.25, -0.2) is 0 Å². The summed E-state index contributed by atoms with van der Waals surface area (Å²) in [6.45, 7) is 7.52. The molecule has 0 amide bonds. The maximum atomic E-state index is 2.64. The number of hydrogen-bond acceptors (Lipinski definition) is 0. The molecule has 2 aliphatic carbocycles. The van der Waals surface area contributed by atoms with Gasteiger partial charge in [-0.05, 0) is 0 Å². The summed E-state index contributed by atoms with van der Waals surface area (Å²) in [5.41, 5.74) is 11.1. The molecule has 0 bridgehead atoms. The molecular formula is C33H38Zr. The van der Waals surface area contributed by atoms with Crippen LogP contribution in [-0.4, -0.2) is 0 Å². The van der Waals surface area contributed by atoms with E-state index < -0.39 is 20.3 Å². The van der Waals surface area contributed by atoms with Crippen LogP contribution in [0.1, 0.15) is 68.2 Å². The predicted octanol–water partition coefficient (Wildman–Crippen LogP) is 9.87. The summed E-state index contributed by atoms with van der Waals surface area (Å²) >= 11 is -2.32. The van der Waals surface area contributed by atoms with Crippen LogP contribution in [0.25, 0.3) is 17.2 Å². The molecule has 6 rings (SSSR count). The third-order valence-corrected chi connectivity index (χ3v) is 25.1. The van der Waals surface area contributed by atoms with Gasteiger partial charge in [0.1, 0.15) is 0 Å². The van der Waals surface area contributed by atoms with Gasteiger partial charge in [0.15, 0.2) is 0 Å². The van der Waals surface area contributed by atoms with Gasteiger partial charge in [-0.1, -0.05) is 0 Å². The summed E-state index contributed by atoms with van der Waals surface area (Å²) in [7, 11) is 0. The van der Waals surface area contributed by atoms with Gasteiger partial charge in [0.25, 0.3) is 0 Å². The SMILES string of the molecule is CCC[CH2][Zr]1([CH](C2=Cc3ccccc3C2)C(CC)C2c3ccccc3-c3ccccc32)[CH2][CH]1C. The summed E-state index contributed by atoms with van der Waals surface area (Å²) in [6.07, 6.45) is 7.92. The van der Waals surface area contributed by atoms with Crippen LogP contribution in [0.3, 0.4) is 0 Å². The molecule has 0 saturated carbocycles. The van der Waals surface area contributed by atoms with Crippen LogP contribution in [0.2, 0.25) is 15.5 Å². The Balaban J connectivity index is 1.49. The molecule has 3 aromatic carbocycles. The molecule has 0 radical (unpaired) electrons. The molecule has 3 aromatic rings. The molecule has 1 aliphatic heterocycles. The Labute approximate surface area is 210 Å². The van der Waals surface area contributed by atoms with E-state index in [1.165, 1.54) is 42.4 Å². The topological polar surface area (TPSA) is 0 Å². The molecular weight excluding hydrogens is 488 g/mol. The summed E-state index contributed by atoms with van der Waals surface area (Å²) < 4.78 is 5.10. The standard InChI is InChI=1S/C26H23.C4H9.C3H6.Zr/c1-2-19(15-18-16-20-9-3-4-10-21(20)17-18)26-24-13-7-5-11-22(24)23-12-6-8-14-25(23)26;1-3-4-2;1-3-2;/h3-16,19,26H,2,17H2,1H3;1,3-4H2,2H3;3H,1H2,2H3;. The van der Waals surface area contributed by atoms with Gasteiger partial charge in [-0.2, -0.15) is 0 Å². The fourth-order valence-corrected chi connectivity index (χ4v) is 26.7. The fourth-order valence-electron chi connectivity index (χ4n) is 7.85. The molecule has 34 heavy (non-hydrogen) atoms. The van der Waals surface area contributed by atoms with E-state index in [4.69, 9.17) is 0 Å². The second-order valence-corrected chi connectivity index (χ2v) is 23.5. The molecule has 0 aromatic heterocycles. The van der Waals surface area contributed by atoms with E-state index in [1.807, 2.05) is 5.57 Å². The summed E-state index contributed by atoms with van der Waals surface area (Å²) in [4.78, 5) is 0. The predicted molar refractivity (Wildman–Crippen MR) is 143 cm³/mol. The van der Waals surface area contributed by atoms with Crippen LogP contribution in [0.4, 0.5) is 0 Å². The number of hydrogen-bond donors (Lipinski definition) is 0. The average Bonchev–Trinajstić information content (AvgIpc) is 3.19. The van der Waals surface area contributed by atoms with Gasteiger partial charge in [-0.3, -0.25) is 0 Å². The van der Waals surface area contributed by atoms with Crippen molar-refractivity contribution in [2.45, 2.75) is 67.9 Å². The molecule has 0 spiro atoms. The van der Waals surface area contributed by atoms with Crippen LogP contribution in [0.15, 0.2) is 78.4 Å². The van der Waals surface area contributed by atoms with Crippen molar-refractivity contribution in [3.63, 3.8) is 0 Å². The molecule has 3 aliphatic rings. The number of allylic oxidation sites excluding steroid dienone is 1. The summed E-state index contributed by atoms with van der Waals surface area (Å²) in [6, 6.07) is 27.9. The van der Waals surface area contributed by atoms with Gasteiger partial charge in [0.2, 0.25) is 0 Å². The number of benzene rings is 3. The van der Waals surface area contributed by atoms with Gasteiger partial charge in [0, 0.05) is 0 Å². The van der Waals surface area contributed by atoms with E-state index in [1.54, 1.807) is 24.9 Å². The quantitative estimate of drug-likeness (QED) is 0.274. The van der Waals surface area contributed by atoms with Crippen LogP contribution >= 0.6 is 0 Å². The Morgan fingerprint density at radius 3 is 2.06 bits per heavy atom. The molecule has 0 N–H and O–H groups in total. The maximum absolute atomic E-state index is 2.64. The molecule has 1 heterocycles. The Morgan fingerprint density at radius 2 is 1.47 bits per heavy atom. The first kappa shape index (κ1) is 22.7. The number of unbranched alkanes of at least 4 members (excludes halogenated alkanes) is 1. The Morgan fingerprint density at radius 1 is 0.853 bits per heavy atom. The Bertz CT molecular complexity index is 1190.